The largest absolute Gasteiger partial charge is 0.496 e. The van der Waals surface area contributed by atoms with Crippen LogP contribution in [-0.4, -0.2) is 40.3 Å². The molecule has 0 heterocycles. The highest BCUT2D eigenvalue weighted by Crippen LogP contribution is 2.29. The van der Waals surface area contributed by atoms with E-state index in [1.54, 1.807) is 0 Å². The maximum Gasteiger partial charge on any atom is 0.306 e. The molecular weight excluding hydrogens is 252 g/mol. The number of aliphatic hydroxyl groups is 2. The number of Topliss-reactive ketones (excluding diaryl/α,β-unsaturated/α-hetero) is 1. The molecule has 1 aromatic rings. The number of aliphatic hydroxyl groups excluding tert-OH is 2. The molecule has 0 aromatic heterocycles. The molecule has 0 aliphatic carbocycles. The first-order chi connectivity index (χ1) is 8.86. The van der Waals surface area contributed by atoms with Gasteiger partial charge in [0.25, 0.3) is 0 Å². The fourth-order valence-corrected chi connectivity index (χ4v) is 1.68. The van der Waals surface area contributed by atoms with Gasteiger partial charge in [0.05, 0.1) is 19.6 Å². The molecule has 0 aliphatic heterocycles. The number of hydrogen-bond acceptors (Lipinski definition) is 5. The molecule has 1 aromatic carbocycles. The molecule has 0 amide bonds. The maximum absolute atomic E-state index is 11.3. The second-order valence-corrected chi connectivity index (χ2v) is 4.12. The van der Waals surface area contributed by atoms with E-state index in [1.165, 1.54) is 32.2 Å². The summed E-state index contributed by atoms with van der Waals surface area (Å²) in [5.74, 6) is -1.15. The van der Waals surface area contributed by atoms with Crippen LogP contribution in [0, 0.1) is 0 Å². The van der Waals surface area contributed by atoms with Crippen LogP contribution < -0.4 is 4.74 Å². The van der Waals surface area contributed by atoms with Crippen LogP contribution in [0.4, 0.5) is 0 Å². The molecule has 0 bridgehead atoms. The van der Waals surface area contributed by atoms with Gasteiger partial charge in [0.1, 0.15) is 11.9 Å². The minimum atomic E-state index is -1.48. The van der Waals surface area contributed by atoms with Crippen LogP contribution in [0.1, 0.15) is 35.4 Å². The first-order valence-corrected chi connectivity index (χ1v) is 5.63. The van der Waals surface area contributed by atoms with E-state index >= 15 is 0 Å². The topological polar surface area (TPSA) is 104 Å². The molecule has 6 nitrogen and oxygen atoms in total. The first-order valence-electron chi connectivity index (χ1n) is 5.63. The summed E-state index contributed by atoms with van der Waals surface area (Å²) in [6.07, 6.45) is -3.52. The summed E-state index contributed by atoms with van der Waals surface area (Å²) in [4.78, 5) is 21.8. The standard InChI is InChI=1S/C13H16O6/c1-7(14)8-3-4-11(19-2)9(5-8)13(18)10(15)6-12(16)17/h3-5,10,13,15,18H,6H2,1-2H3,(H,16,17). The molecule has 1 rings (SSSR count). The van der Waals surface area contributed by atoms with Crippen LogP contribution in [-0.2, 0) is 4.79 Å². The van der Waals surface area contributed by atoms with Crippen molar-refractivity contribution in [2.24, 2.45) is 0 Å². The third-order valence-corrected chi connectivity index (χ3v) is 2.70. The Bertz CT molecular complexity index is 482. The highest BCUT2D eigenvalue weighted by Gasteiger charge is 2.24. The van der Waals surface area contributed by atoms with Crippen LogP contribution in [0.25, 0.3) is 0 Å². The van der Waals surface area contributed by atoms with Gasteiger partial charge in [-0.05, 0) is 25.1 Å². The van der Waals surface area contributed by atoms with Crippen molar-refractivity contribution in [1.29, 1.82) is 0 Å². The smallest absolute Gasteiger partial charge is 0.306 e. The molecule has 0 aliphatic rings. The van der Waals surface area contributed by atoms with Crippen molar-refractivity contribution in [3.05, 3.63) is 29.3 Å². The van der Waals surface area contributed by atoms with Crippen molar-refractivity contribution in [2.75, 3.05) is 7.11 Å². The maximum atomic E-state index is 11.3. The fraction of sp³-hybridized carbons (Fsp3) is 0.385. The highest BCUT2D eigenvalue weighted by molar-refractivity contribution is 5.94. The van der Waals surface area contributed by atoms with E-state index in [0.717, 1.165) is 0 Å². The van der Waals surface area contributed by atoms with Crippen molar-refractivity contribution in [3.8, 4) is 5.75 Å². The lowest BCUT2D eigenvalue weighted by molar-refractivity contribution is -0.141. The third kappa shape index (κ3) is 3.77. The number of carbonyl (C=O) groups excluding carboxylic acids is 1. The summed E-state index contributed by atoms with van der Waals surface area (Å²) in [5.41, 5.74) is 0.529. The van der Waals surface area contributed by atoms with Crippen molar-refractivity contribution in [2.45, 2.75) is 25.6 Å². The number of ketones is 1. The molecule has 6 heteroatoms. The van der Waals surface area contributed by atoms with Gasteiger partial charge in [0, 0.05) is 11.1 Å². The van der Waals surface area contributed by atoms with Gasteiger partial charge >= 0.3 is 5.97 Å². The summed E-state index contributed by atoms with van der Waals surface area (Å²) < 4.78 is 5.03. The Morgan fingerprint density at radius 1 is 1.32 bits per heavy atom. The number of hydrogen-bond donors (Lipinski definition) is 3. The summed E-state index contributed by atoms with van der Waals surface area (Å²) in [7, 11) is 1.38. The minimum Gasteiger partial charge on any atom is -0.496 e. The number of carboxylic acid groups (broad SMARTS) is 1. The molecule has 0 radical (unpaired) electrons. The molecule has 0 spiro atoms. The van der Waals surface area contributed by atoms with E-state index in [0.29, 0.717) is 5.56 Å². The van der Waals surface area contributed by atoms with Gasteiger partial charge in [-0.25, -0.2) is 0 Å². The van der Waals surface area contributed by atoms with Gasteiger partial charge in [-0.1, -0.05) is 0 Å². The molecule has 0 fully saturated rings. The zero-order valence-corrected chi connectivity index (χ0v) is 10.7. The summed E-state index contributed by atoms with van der Waals surface area (Å²) in [5, 5.41) is 28.2. The van der Waals surface area contributed by atoms with E-state index < -0.39 is 24.6 Å². The summed E-state index contributed by atoms with van der Waals surface area (Å²) >= 11 is 0. The van der Waals surface area contributed by atoms with Crippen LogP contribution in [0.5, 0.6) is 5.75 Å². The Morgan fingerprint density at radius 3 is 2.42 bits per heavy atom. The zero-order valence-electron chi connectivity index (χ0n) is 10.7. The molecule has 19 heavy (non-hydrogen) atoms. The number of aliphatic carboxylic acids is 1. The Labute approximate surface area is 110 Å². The molecule has 3 N–H and O–H groups in total. The molecule has 2 atom stereocenters. The van der Waals surface area contributed by atoms with Crippen LogP contribution >= 0.6 is 0 Å². The average molecular weight is 268 g/mol. The van der Waals surface area contributed by atoms with Crippen molar-refractivity contribution in [1.82, 2.24) is 0 Å². The van der Waals surface area contributed by atoms with E-state index in [1.807, 2.05) is 0 Å². The number of rotatable bonds is 6. The number of benzene rings is 1. The quantitative estimate of drug-likeness (QED) is 0.658. The predicted molar refractivity (Wildman–Crippen MR) is 66.2 cm³/mol. The van der Waals surface area contributed by atoms with Crippen molar-refractivity contribution in [3.63, 3.8) is 0 Å². The van der Waals surface area contributed by atoms with E-state index in [-0.39, 0.29) is 17.1 Å². The third-order valence-electron chi connectivity index (χ3n) is 2.70. The van der Waals surface area contributed by atoms with Gasteiger partial charge in [-0.3, -0.25) is 9.59 Å². The second-order valence-electron chi connectivity index (χ2n) is 4.12. The van der Waals surface area contributed by atoms with Crippen molar-refractivity contribution < 1.29 is 29.6 Å². The predicted octanol–water partition coefficient (Wildman–Crippen LogP) is 0.767. The number of carbonyl (C=O) groups is 2. The molecule has 104 valence electrons. The van der Waals surface area contributed by atoms with Gasteiger partial charge in [-0.15, -0.1) is 0 Å². The normalized spacial score (nSPS) is 13.7. The first kappa shape index (κ1) is 15.1. The lowest BCUT2D eigenvalue weighted by atomic mass is 9.98. The van der Waals surface area contributed by atoms with E-state index in [9.17, 15) is 19.8 Å². The number of carboxylic acids is 1. The molecule has 2 unspecified atom stereocenters. The fourth-order valence-electron chi connectivity index (χ4n) is 1.68. The monoisotopic (exact) mass is 268 g/mol. The SMILES string of the molecule is COc1ccc(C(C)=O)cc1C(O)C(O)CC(=O)O. The van der Waals surface area contributed by atoms with Gasteiger partial charge in [0.15, 0.2) is 5.78 Å². The molecule has 0 saturated carbocycles. The average Bonchev–Trinajstić information content (AvgIpc) is 2.36. The van der Waals surface area contributed by atoms with Crippen LogP contribution in [0.3, 0.4) is 0 Å². The lowest BCUT2D eigenvalue weighted by Gasteiger charge is -2.19. The van der Waals surface area contributed by atoms with Gasteiger partial charge < -0.3 is 20.1 Å². The zero-order chi connectivity index (χ0) is 14.6. The second kappa shape index (κ2) is 6.31. The Balaban J connectivity index is 3.11. The Hall–Kier alpha value is -1.92. The molecular formula is C13H16O6. The Morgan fingerprint density at radius 2 is 1.95 bits per heavy atom. The van der Waals surface area contributed by atoms with Gasteiger partial charge in [0.2, 0.25) is 0 Å². The van der Waals surface area contributed by atoms with Crippen LogP contribution in [0.2, 0.25) is 0 Å². The lowest BCUT2D eigenvalue weighted by Crippen LogP contribution is -2.22. The van der Waals surface area contributed by atoms with Crippen LogP contribution in [0.15, 0.2) is 18.2 Å². The highest BCUT2D eigenvalue weighted by atomic mass is 16.5. The van der Waals surface area contributed by atoms with E-state index in [2.05, 4.69) is 0 Å². The number of methoxy groups -OCH3 is 1. The Kier molecular flexibility index (Phi) is 5.02. The number of ether oxygens (including phenoxy) is 1. The molecule has 0 saturated heterocycles. The summed E-state index contributed by atoms with van der Waals surface area (Å²) in [6.45, 7) is 1.37. The minimum absolute atomic E-state index is 0.184. The van der Waals surface area contributed by atoms with E-state index in [4.69, 9.17) is 9.84 Å². The van der Waals surface area contributed by atoms with Crippen molar-refractivity contribution >= 4 is 11.8 Å². The summed E-state index contributed by atoms with van der Waals surface area (Å²) in [6, 6.07) is 4.40. The van der Waals surface area contributed by atoms with Gasteiger partial charge in [-0.2, -0.15) is 0 Å².